The summed E-state index contributed by atoms with van der Waals surface area (Å²) in [6, 6.07) is 11.6. The van der Waals surface area contributed by atoms with E-state index in [9.17, 15) is 4.79 Å². The Morgan fingerprint density at radius 3 is 2.30 bits per heavy atom. The van der Waals surface area contributed by atoms with Crippen molar-refractivity contribution in [2.45, 2.75) is 33.1 Å². The van der Waals surface area contributed by atoms with Gasteiger partial charge in [0, 0.05) is 11.4 Å². The minimum atomic E-state index is -0.180. The molecule has 4 heteroatoms. The Morgan fingerprint density at radius 2 is 1.75 bits per heavy atom. The summed E-state index contributed by atoms with van der Waals surface area (Å²) in [5, 5.41) is 2.81. The lowest BCUT2D eigenvalue weighted by molar-refractivity contribution is -0.117. The molecule has 2 aromatic rings. The fourth-order valence-electron chi connectivity index (χ4n) is 2.24. The van der Waals surface area contributed by atoms with Crippen LogP contribution < -0.4 is 5.32 Å². The summed E-state index contributed by atoms with van der Waals surface area (Å²) in [6.07, 6.45) is 0.737. The van der Waals surface area contributed by atoms with E-state index in [4.69, 9.17) is 0 Å². The van der Waals surface area contributed by atoms with E-state index < -0.39 is 0 Å². The van der Waals surface area contributed by atoms with Crippen LogP contribution >= 0.6 is 0 Å². The average Bonchev–Trinajstić information content (AvgIpc) is 2.39. The van der Waals surface area contributed by atoms with E-state index in [0.717, 1.165) is 23.4 Å². The first-order valence-corrected chi connectivity index (χ1v) is 6.78. The SMILES string of the molecule is CCC(C(=O)Nc1nc(C)cc(C)n1)c1ccccc1. The second-order valence-corrected chi connectivity index (χ2v) is 4.84. The number of carbonyl (C=O) groups is 1. The summed E-state index contributed by atoms with van der Waals surface area (Å²) in [4.78, 5) is 20.9. The monoisotopic (exact) mass is 269 g/mol. The molecular weight excluding hydrogens is 250 g/mol. The molecule has 0 saturated carbocycles. The number of nitrogens with zero attached hydrogens (tertiary/aromatic N) is 2. The topological polar surface area (TPSA) is 54.9 Å². The first-order valence-electron chi connectivity index (χ1n) is 6.78. The molecule has 20 heavy (non-hydrogen) atoms. The van der Waals surface area contributed by atoms with Crippen LogP contribution in [-0.2, 0) is 4.79 Å². The van der Waals surface area contributed by atoms with Crippen molar-refractivity contribution in [2.75, 3.05) is 5.32 Å². The highest BCUT2D eigenvalue weighted by molar-refractivity contribution is 5.94. The summed E-state index contributed by atoms with van der Waals surface area (Å²) in [5.41, 5.74) is 2.71. The minimum absolute atomic E-state index is 0.0660. The molecule has 2 rings (SSSR count). The molecule has 104 valence electrons. The van der Waals surface area contributed by atoms with E-state index in [1.165, 1.54) is 0 Å². The lowest BCUT2D eigenvalue weighted by atomic mass is 9.96. The Balaban J connectivity index is 2.18. The standard InChI is InChI=1S/C16H19N3O/c1-4-14(13-8-6-5-7-9-13)15(20)19-16-17-11(2)10-12(3)18-16/h5-10,14H,4H2,1-3H3,(H,17,18,19,20). The van der Waals surface area contributed by atoms with Crippen LogP contribution in [-0.4, -0.2) is 15.9 Å². The van der Waals surface area contributed by atoms with Crippen molar-refractivity contribution in [3.63, 3.8) is 0 Å². The molecule has 1 aromatic heterocycles. The predicted molar refractivity (Wildman–Crippen MR) is 79.6 cm³/mol. The third-order valence-corrected chi connectivity index (χ3v) is 3.14. The fraction of sp³-hybridized carbons (Fsp3) is 0.312. The molecular formula is C16H19N3O. The number of nitrogens with one attached hydrogen (secondary N) is 1. The van der Waals surface area contributed by atoms with Crippen molar-refractivity contribution in [1.82, 2.24) is 9.97 Å². The molecule has 1 unspecified atom stereocenters. The number of hydrogen-bond donors (Lipinski definition) is 1. The fourth-order valence-corrected chi connectivity index (χ4v) is 2.24. The van der Waals surface area contributed by atoms with Gasteiger partial charge in [-0.1, -0.05) is 37.3 Å². The molecule has 0 aliphatic heterocycles. The van der Waals surface area contributed by atoms with Gasteiger partial charge in [0.1, 0.15) is 0 Å². The second-order valence-electron chi connectivity index (χ2n) is 4.84. The van der Waals surface area contributed by atoms with E-state index in [0.29, 0.717) is 5.95 Å². The lowest BCUT2D eigenvalue weighted by Crippen LogP contribution is -2.22. The third-order valence-electron chi connectivity index (χ3n) is 3.14. The quantitative estimate of drug-likeness (QED) is 0.927. The summed E-state index contributed by atoms with van der Waals surface area (Å²) in [6.45, 7) is 5.78. The van der Waals surface area contributed by atoms with E-state index in [1.807, 2.05) is 57.2 Å². The number of hydrogen-bond acceptors (Lipinski definition) is 3. The van der Waals surface area contributed by atoms with Gasteiger partial charge in [-0.05, 0) is 31.9 Å². The Bertz CT molecular complexity index is 576. The molecule has 0 saturated heterocycles. The van der Waals surface area contributed by atoms with Gasteiger partial charge >= 0.3 is 0 Å². The van der Waals surface area contributed by atoms with Crippen molar-refractivity contribution < 1.29 is 4.79 Å². The maximum Gasteiger partial charge on any atom is 0.234 e. The van der Waals surface area contributed by atoms with E-state index in [-0.39, 0.29) is 11.8 Å². The Labute approximate surface area is 119 Å². The van der Waals surface area contributed by atoms with Gasteiger partial charge in [0.05, 0.1) is 5.92 Å². The number of amides is 1. The van der Waals surface area contributed by atoms with Crippen LogP contribution in [0.15, 0.2) is 36.4 Å². The average molecular weight is 269 g/mol. The van der Waals surface area contributed by atoms with Crippen molar-refractivity contribution in [3.8, 4) is 0 Å². The number of aromatic nitrogens is 2. The predicted octanol–water partition coefficient (Wildman–Crippen LogP) is 3.23. The molecule has 0 bridgehead atoms. The smallest absolute Gasteiger partial charge is 0.234 e. The van der Waals surface area contributed by atoms with Crippen LogP contribution in [0.25, 0.3) is 0 Å². The van der Waals surface area contributed by atoms with Crippen LogP contribution in [0.2, 0.25) is 0 Å². The van der Waals surface area contributed by atoms with Gasteiger partial charge in [0.25, 0.3) is 0 Å². The third kappa shape index (κ3) is 3.41. The molecule has 1 amide bonds. The minimum Gasteiger partial charge on any atom is -0.294 e. The summed E-state index contributed by atoms with van der Waals surface area (Å²) in [7, 11) is 0. The molecule has 0 fully saturated rings. The van der Waals surface area contributed by atoms with Gasteiger partial charge in [-0.25, -0.2) is 9.97 Å². The number of benzene rings is 1. The van der Waals surface area contributed by atoms with E-state index >= 15 is 0 Å². The molecule has 1 heterocycles. The molecule has 0 aliphatic carbocycles. The summed E-state index contributed by atoms with van der Waals surface area (Å²) < 4.78 is 0. The Hall–Kier alpha value is -2.23. The number of carbonyl (C=O) groups excluding carboxylic acids is 1. The molecule has 0 aliphatic rings. The van der Waals surface area contributed by atoms with E-state index in [1.54, 1.807) is 0 Å². The number of aryl methyl sites for hydroxylation is 2. The van der Waals surface area contributed by atoms with Gasteiger partial charge in [-0.15, -0.1) is 0 Å². The summed E-state index contributed by atoms with van der Waals surface area (Å²) >= 11 is 0. The van der Waals surface area contributed by atoms with Crippen LogP contribution in [0.5, 0.6) is 0 Å². The zero-order valence-corrected chi connectivity index (χ0v) is 12.1. The summed E-state index contributed by atoms with van der Waals surface area (Å²) in [5.74, 6) is 0.131. The highest BCUT2D eigenvalue weighted by Crippen LogP contribution is 2.20. The largest absolute Gasteiger partial charge is 0.294 e. The van der Waals surface area contributed by atoms with Gasteiger partial charge in [-0.3, -0.25) is 10.1 Å². The van der Waals surface area contributed by atoms with Crippen molar-refractivity contribution in [2.24, 2.45) is 0 Å². The highest BCUT2D eigenvalue weighted by atomic mass is 16.2. The van der Waals surface area contributed by atoms with Gasteiger partial charge in [-0.2, -0.15) is 0 Å². The first kappa shape index (κ1) is 14.2. The maximum atomic E-state index is 12.4. The van der Waals surface area contributed by atoms with Gasteiger partial charge in [0.2, 0.25) is 11.9 Å². The van der Waals surface area contributed by atoms with E-state index in [2.05, 4.69) is 15.3 Å². The van der Waals surface area contributed by atoms with Gasteiger partial charge in [0.15, 0.2) is 0 Å². The maximum absolute atomic E-state index is 12.4. The zero-order valence-electron chi connectivity index (χ0n) is 12.1. The zero-order chi connectivity index (χ0) is 14.5. The number of anilines is 1. The van der Waals surface area contributed by atoms with Gasteiger partial charge < -0.3 is 0 Å². The molecule has 1 aromatic carbocycles. The van der Waals surface area contributed by atoms with Crippen LogP contribution in [0.3, 0.4) is 0 Å². The molecule has 1 N–H and O–H groups in total. The Morgan fingerprint density at radius 1 is 1.15 bits per heavy atom. The molecule has 4 nitrogen and oxygen atoms in total. The highest BCUT2D eigenvalue weighted by Gasteiger charge is 2.19. The number of rotatable bonds is 4. The van der Waals surface area contributed by atoms with Crippen molar-refractivity contribution >= 4 is 11.9 Å². The van der Waals surface area contributed by atoms with Crippen LogP contribution in [0, 0.1) is 13.8 Å². The molecule has 1 atom stereocenters. The molecule has 0 radical (unpaired) electrons. The van der Waals surface area contributed by atoms with Crippen LogP contribution in [0.1, 0.15) is 36.2 Å². The lowest BCUT2D eigenvalue weighted by Gasteiger charge is -2.14. The van der Waals surface area contributed by atoms with Crippen molar-refractivity contribution in [1.29, 1.82) is 0 Å². The Kier molecular flexibility index (Phi) is 4.45. The van der Waals surface area contributed by atoms with Crippen molar-refractivity contribution in [3.05, 3.63) is 53.3 Å². The normalized spacial score (nSPS) is 11.9. The molecule has 0 spiro atoms. The second kappa shape index (κ2) is 6.28. The van der Waals surface area contributed by atoms with Crippen LogP contribution in [0.4, 0.5) is 5.95 Å². The first-order chi connectivity index (χ1) is 9.60.